The summed E-state index contributed by atoms with van der Waals surface area (Å²) in [7, 11) is 1.80. The van der Waals surface area contributed by atoms with Crippen LogP contribution in [0.5, 0.6) is 5.75 Å². The van der Waals surface area contributed by atoms with Crippen LogP contribution in [0.15, 0.2) is 18.2 Å². The van der Waals surface area contributed by atoms with Gasteiger partial charge in [-0.2, -0.15) is 18.2 Å². The number of benzene rings is 1. The van der Waals surface area contributed by atoms with Gasteiger partial charge in [-0.25, -0.2) is 0 Å². The molecule has 0 radical (unpaired) electrons. The van der Waals surface area contributed by atoms with Crippen LogP contribution in [0, 0.1) is 22.8 Å². The van der Waals surface area contributed by atoms with Crippen LogP contribution in [0.1, 0.15) is 57.9 Å². The van der Waals surface area contributed by atoms with Crippen molar-refractivity contribution < 1.29 is 21.7 Å². The van der Waals surface area contributed by atoms with E-state index in [0.717, 1.165) is 11.7 Å². The average Bonchev–Trinajstić information content (AvgIpc) is 2.34. The minimum atomic E-state index is 0. The molecule has 1 nitrogen and oxygen atoms in total. The molecule has 0 aromatic heterocycles. The standard InChI is InChI=1S/C19H25O.BrH.Mg/c1-17-8-14-9-18(2,11-17)13-19(10-14,12-17)15-6-4-5-7-16(15)20-3;;/h4,6-7,14H,8-13H2,1-3H3;1H;/q-1;;+2/p-1. The molecular formula is C19H25BrMgO. The van der Waals surface area contributed by atoms with E-state index in [2.05, 4.69) is 32.0 Å². The molecule has 0 saturated heterocycles. The number of hydrogen-bond donors (Lipinski definition) is 0. The largest absolute Gasteiger partial charge is 2.00 e. The molecule has 2 unspecified atom stereocenters. The number of rotatable bonds is 2. The molecule has 4 aliphatic rings. The van der Waals surface area contributed by atoms with Crippen LogP contribution in [0.25, 0.3) is 0 Å². The van der Waals surface area contributed by atoms with Crippen LogP contribution in [0.2, 0.25) is 0 Å². The molecule has 2 atom stereocenters. The van der Waals surface area contributed by atoms with Gasteiger partial charge in [0.1, 0.15) is 0 Å². The van der Waals surface area contributed by atoms with Gasteiger partial charge < -0.3 is 21.7 Å². The molecule has 4 aliphatic carbocycles. The molecule has 4 saturated carbocycles. The second-order valence-electron chi connectivity index (χ2n) is 8.54. The smallest absolute Gasteiger partial charge is 1.00 e. The van der Waals surface area contributed by atoms with Crippen molar-refractivity contribution in [2.24, 2.45) is 16.7 Å². The molecular weight excluding hydrogens is 348 g/mol. The van der Waals surface area contributed by atoms with Gasteiger partial charge in [0, 0.05) is 5.75 Å². The first kappa shape index (κ1) is 18.6. The SMILES string of the molecule is COc1c[c-]ccc1C12CC3CC(C)(CC(C)(C3)C1)C2.[Br-].[Mg+2]. The molecule has 116 valence electrons. The van der Waals surface area contributed by atoms with E-state index < -0.39 is 0 Å². The van der Waals surface area contributed by atoms with Crippen molar-refractivity contribution in [2.75, 3.05) is 7.11 Å². The Kier molecular flexibility index (Phi) is 5.04. The Morgan fingerprint density at radius 2 is 1.73 bits per heavy atom. The molecule has 5 rings (SSSR count). The molecule has 3 heteroatoms. The third kappa shape index (κ3) is 2.75. The zero-order valence-corrected chi connectivity index (χ0v) is 17.0. The van der Waals surface area contributed by atoms with Crippen LogP contribution >= 0.6 is 0 Å². The molecule has 0 spiro atoms. The minimum absolute atomic E-state index is 0. The third-order valence-electron chi connectivity index (χ3n) is 6.24. The molecule has 0 amide bonds. The van der Waals surface area contributed by atoms with Crippen molar-refractivity contribution in [3.63, 3.8) is 0 Å². The molecule has 1 aromatic rings. The van der Waals surface area contributed by atoms with Crippen molar-refractivity contribution >= 4 is 23.1 Å². The zero-order chi connectivity index (χ0) is 14.0. The Hall–Kier alpha value is 0.266. The van der Waals surface area contributed by atoms with E-state index in [1.54, 1.807) is 7.11 Å². The Bertz CT molecular complexity index is 540. The Balaban J connectivity index is 0.000000882. The summed E-state index contributed by atoms with van der Waals surface area (Å²) in [6, 6.07) is 9.55. The Labute approximate surface area is 161 Å². The summed E-state index contributed by atoms with van der Waals surface area (Å²) in [6.07, 6.45) is 8.41. The summed E-state index contributed by atoms with van der Waals surface area (Å²) in [5, 5.41) is 0. The van der Waals surface area contributed by atoms with Crippen molar-refractivity contribution in [3.8, 4) is 5.75 Å². The van der Waals surface area contributed by atoms with E-state index in [1.807, 2.05) is 6.07 Å². The summed E-state index contributed by atoms with van der Waals surface area (Å²) in [5.74, 6) is 1.98. The molecule has 0 aliphatic heterocycles. The van der Waals surface area contributed by atoms with E-state index >= 15 is 0 Å². The third-order valence-corrected chi connectivity index (χ3v) is 6.24. The zero-order valence-electron chi connectivity index (χ0n) is 14.0. The van der Waals surface area contributed by atoms with Gasteiger partial charge in [0.2, 0.25) is 0 Å². The van der Waals surface area contributed by atoms with Gasteiger partial charge in [0.05, 0.1) is 7.11 Å². The van der Waals surface area contributed by atoms with Crippen LogP contribution in [-0.2, 0) is 5.41 Å². The summed E-state index contributed by atoms with van der Waals surface area (Å²) < 4.78 is 5.67. The van der Waals surface area contributed by atoms with E-state index in [0.29, 0.717) is 16.2 Å². The summed E-state index contributed by atoms with van der Waals surface area (Å²) in [4.78, 5) is 0. The maximum Gasteiger partial charge on any atom is 2.00 e. The van der Waals surface area contributed by atoms with Crippen LogP contribution in [-0.4, -0.2) is 30.2 Å². The van der Waals surface area contributed by atoms with Gasteiger partial charge in [-0.3, -0.25) is 0 Å². The summed E-state index contributed by atoms with van der Waals surface area (Å²) in [5.41, 5.74) is 2.93. The topological polar surface area (TPSA) is 9.23 Å². The van der Waals surface area contributed by atoms with Crippen LogP contribution in [0.4, 0.5) is 0 Å². The van der Waals surface area contributed by atoms with Gasteiger partial charge in [-0.05, 0) is 60.7 Å². The first-order valence-corrected chi connectivity index (χ1v) is 8.01. The van der Waals surface area contributed by atoms with Crippen molar-refractivity contribution in [1.29, 1.82) is 0 Å². The summed E-state index contributed by atoms with van der Waals surface area (Å²) >= 11 is 0. The Morgan fingerprint density at radius 3 is 2.27 bits per heavy atom. The number of ether oxygens (including phenoxy) is 1. The predicted molar refractivity (Wildman–Crippen MR) is 86.7 cm³/mol. The molecule has 4 bridgehead atoms. The molecule has 22 heavy (non-hydrogen) atoms. The predicted octanol–water partition coefficient (Wildman–Crippen LogP) is 1.37. The van der Waals surface area contributed by atoms with Crippen molar-refractivity contribution in [3.05, 3.63) is 29.8 Å². The fourth-order valence-electron chi connectivity index (χ4n) is 6.77. The number of hydrogen-bond acceptors (Lipinski definition) is 1. The Morgan fingerprint density at radius 1 is 1.09 bits per heavy atom. The molecule has 0 heterocycles. The molecule has 4 fully saturated rings. The fourth-order valence-corrected chi connectivity index (χ4v) is 6.77. The van der Waals surface area contributed by atoms with Crippen molar-refractivity contribution in [2.45, 2.75) is 57.8 Å². The van der Waals surface area contributed by atoms with E-state index in [1.165, 1.54) is 44.1 Å². The minimum Gasteiger partial charge on any atom is -1.00 e. The van der Waals surface area contributed by atoms with Gasteiger partial charge in [-0.15, -0.1) is 11.6 Å². The van der Waals surface area contributed by atoms with E-state index in [9.17, 15) is 0 Å². The van der Waals surface area contributed by atoms with Crippen LogP contribution < -0.4 is 21.7 Å². The number of methoxy groups -OCH3 is 1. The van der Waals surface area contributed by atoms with E-state index in [4.69, 9.17) is 4.74 Å². The second kappa shape index (κ2) is 5.96. The van der Waals surface area contributed by atoms with Crippen LogP contribution in [0.3, 0.4) is 0 Å². The monoisotopic (exact) mass is 372 g/mol. The van der Waals surface area contributed by atoms with Gasteiger partial charge >= 0.3 is 23.1 Å². The first-order chi connectivity index (χ1) is 9.46. The second-order valence-corrected chi connectivity index (χ2v) is 8.54. The fraction of sp³-hybridized carbons (Fsp3) is 0.684. The average molecular weight is 374 g/mol. The normalized spacial score (nSPS) is 41.5. The van der Waals surface area contributed by atoms with E-state index in [-0.39, 0.29) is 40.0 Å². The maximum atomic E-state index is 5.67. The van der Waals surface area contributed by atoms with Gasteiger partial charge in [0.25, 0.3) is 0 Å². The van der Waals surface area contributed by atoms with Gasteiger partial charge in [0.15, 0.2) is 0 Å². The first-order valence-electron chi connectivity index (χ1n) is 8.01. The van der Waals surface area contributed by atoms with Gasteiger partial charge in [-0.1, -0.05) is 13.8 Å². The number of halogens is 1. The quantitative estimate of drug-likeness (QED) is 0.562. The summed E-state index contributed by atoms with van der Waals surface area (Å²) in [6.45, 7) is 5.07. The van der Waals surface area contributed by atoms with Crippen molar-refractivity contribution in [1.82, 2.24) is 0 Å². The molecule has 0 N–H and O–H groups in total. The molecule has 1 aromatic carbocycles. The maximum absolute atomic E-state index is 5.67.